The predicted molar refractivity (Wildman–Crippen MR) is 143 cm³/mol. The normalized spacial score (nSPS) is 14.2. The average Bonchev–Trinajstić information content (AvgIpc) is 3.30. The second-order valence-corrected chi connectivity index (χ2v) is 10.6. The third-order valence-corrected chi connectivity index (χ3v) is 6.49. The van der Waals surface area contributed by atoms with E-state index >= 15 is 0 Å². The Morgan fingerprint density at radius 1 is 1.05 bits per heavy atom. The van der Waals surface area contributed by atoms with E-state index in [1.54, 1.807) is 38.2 Å². The van der Waals surface area contributed by atoms with Crippen molar-refractivity contribution in [2.75, 3.05) is 52.3 Å². The smallest absolute Gasteiger partial charge is 0.410 e. The molecule has 1 aromatic heterocycles. The molecule has 198 valence electrons. The summed E-state index contributed by atoms with van der Waals surface area (Å²) >= 11 is 6.24. The number of fused-ring (bicyclic) bond motifs is 1. The number of aromatic nitrogens is 1. The summed E-state index contributed by atoms with van der Waals surface area (Å²) in [4.78, 5) is 33.1. The van der Waals surface area contributed by atoms with Crippen LogP contribution in [-0.2, 0) is 4.74 Å². The van der Waals surface area contributed by atoms with Crippen LogP contribution in [0.1, 0.15) is 31.3 Å². The van der Waals surface area contributed by atoms with Crippen molar-refractivity contribution < 1.29 is 23.5 Å². The molecule has 10 heteroatoms. The van der Waals surface area contributed by atoms with Crippen LogP contribution in [0.3, 0.4) is 0 Å². The molecule has 0 aliphatic carbocycles. The molecule has 0 radical (unpaired) electrons. The summed E-state index contributed by atoms with van der Waals surface area (Å²) in [5.41, 5.74) is 2.19. The fourth-order valence-electron chi connectivity index (χ4n) is 4.38. The molecule has 2 amide bonds. The van der Waals surface area contributed by atoms with Crippen molar-refractivity contribution in [3.63, 3.8) is 0 Å². The van der Waals surface area contributed by atoms with Crippen LogP contribution in [0, 0.1) is 5.82 Å². The van der Waals surface area contributed by atoms with Crippen molar-refractivity contribution in [1.82, 2.24) is 14.8 Å². The van der Waals surface area contributed by atoms with Gasteiger partial charge in [0.25, 0.3) is 5.91 Å². The van der Waals surface area contributed by atoms with Crippen molar-refractivity contribution in [3.05, 3.63) is 46.9 Å². The highest BCUT2D eigenvalue weighted by Crippen LogP contribution is 2.41. The topological polar surface area (TPSA) is 78.1 Å². The number of hydrogen-bond donors (Lipinski definition) is 1. The van der Waals surface area contributed by atoms with Crippen molar-refractivity contribution in [3.8, 4) is 16.9 Å². The Hall–Kier alpha value is -3.46. The number of aromatic amines is 1. The summed E-state index contributed by atoms with van der Waals surface area (Å²) in [6, 6.07) is 8.96. The maximum atomic E-state index is 14.9. The molecule has 1 N–H and O–H groups in total. The molecule has 1 saturated heterocycles. The molecule has 0 bridgehead atoms. The Balaban J connectivity index is 1.63. The Kier molecular flexibility index (Phi) is 7.28. The zero-order valence-electron chi connectivity index (χ0n) is 21.9. The van der Waals surface area contributed by atoms with Crippen molar-refractivity contribution in [1.29, 1.82) is 0 Å². The van der Waals surface area contributed by atoms with Gasteiger partial charge in [0.2, 0.25) is 0 Å². The summed E-state index contributed by atoms with van der Waals surface area (Å²) in [5, 5.41) is 0.474. The number of nitrogens with zero attached hydrogens (tertiary/aromatic N) is 3. The lowest BCUT2D eigenvalue weighted by Gasteiger charge is -2.37. The lowest BCUT2D eigenvalue weighted by atomic mass is 9.99. The van der Waals surface area contributed by atoms with Gasteiger partial charge in [-0.1, -0.05) is 11.6 Å². The predicted octanol–water partition coefficient (Wildman–Crippen LogP) is 5.39. The molecule has 8 nitrogen and oxygen atoms in total. The van der Waals surface area contributed by atoms with Crippen molar-refractivity contribution >= 4 is 40.2 Å². The van der Waals surface area contributed by atoms with Crippen LogP contribution in [0.5, 0.6) is 5.75 Å². The van der Waals surface area contributed by atoms with E-state index in [0.29, 0.717) is 48.4 Å². The highest BCUT2D eigenvalue weighted by Gasteiger charge is 2.27. The molecule has 0 unspecified atom stereocenters. The van der Waals surface area contributed by atoms with Gasteiger partial charge in [-0.25, -0.2) is 9.18 Å². The summed E-state index contributed by atoms with van der Waals surface area (Å²) in [7, 11) is 4.84. The highest BCUT2D eigenvalue weighted by atomic mass is 35.5. The first-order chi connectivity index (χ1) is 17.4. The van der Waals surface area contributed by atoms with Crippen LogP contribution in [0.2, 0.25) is 5.02 Å². The van der Waals surface area contributed by atoms with Gasteiger partial charge >= 0.3 is 6.09 Å². The SMILES string of the molecule is COc1cc(N2CCN(C(=O)OC(C)(C)C)CC2)ccc1-c1cc(Cl)c(F)c2[nH]c(C(=O)N(C)C)cc12. The van der Waals surface area contributed by atoms with Gasteiger partial charge in [0.15, 0.2) is 5.82 Å². The van der Waals surface area contributed by atoms with E-state index in [1.807, 2.05) is 39.0 Å². The number of ether oxygens (including phenoxy) is 2. The number of H-pyrrole nitrogens is 1. The lowest BCUT2D eigenvalue weighted by Crippen LogP contribution is -2.50. The first-order valence-corrected chi connectivity index (χ1v) is 12.4. The van der Waals surface area contributed by atoms with E-state index in [1.165, 1.54) is 4.90 Å². The Morgan fingerprint density at radius 2 is 1.73 bits per heavy atom. The van der Waals surface area contributed by atoms with Gasteiger partial charge in [-0.2, -0.15) is 0 Å². The Bertz CT molecular complexity index is 1340. The number of rotatable bonds is 4. The molecular formula is C27H32ClFN4O4. The van der Waals surface area contributed by atoms with Crippen molar-refractivity contribution in [2.24, 2.45) is 0 Å². The number of benzene rings is 2. The molecule has 1 aliphatic rings. The van der Waals surface area contributed by atoms with Gasteiger partial charge in [0, 0.05) is 63.0 Å². The van der Waals surface area contributed by atoms with Gasteiger partial charge in [0.05, 0.1) is 17.6 Å². The second kappa shape index (κ2) is 10.1. The number of carbonyl (C=O) groups excluding carboxylic acids is 2. The minimum absolute atomic E-state index is 0.0578. The second-order valence-electron chi connectivity index (χ2n) is 10.2. The third kappa shape index (κ3) is 5.46. The zero-order chi connectivity index (χ0) is 27.1. The monoisotopic (exact) mass is 530 g/mol. The first kappa shape index (κ1) is 26.6. The number of halogens is 2. The summed E-state index contributed by atoms with van der Waals surface area (Å²) < 4.78 is 26.1. The Labute approximate surface area is 220 Å². The maximum absolute atomic E-state index is 14.9. The number of anilines is 1. The van der Waals surface area contributed by atoms with Gasteiger partial charge in [-0.3, -0.25) is 4.79 Å². The van der Waals surface area contributed by atoms with E-state index in [9.17, 15) is 14.0 Å². The molecule has 0 atom stereocenters. The molecular weight excluding hydrogens is 499 g/mol. The number of carbonyl (C=O) groups is 2. The van der Waals surface area contributed by atoms with Crippen LogP contribution in [-0.4, -0.2) is 79.8 Å². The lowest BCUT2D eigenvalue weighted by molar-refractivity contribution is 0.0240. The van der Waals surface area contributed by atoms with E-state index < -0.39 is 11.4 Å². The number of piperazine rings is 1. The zero-order valence-corrected chi connectivity index (χ0v) is 22.7. The minimum Gasteiger partial charge on any atom is -0.496 e. The summed E-state index contributed by atoms with van der Waals surface area (Å²) in [5.74, 6) is -0.306. The van der Waals surface area contributed by atoms with E-state index in [4.69, 9.17) is 21.1 Å². The quantitative estimate of drug-likeness (QED) is 0.489. The van der Waals surface area contributed by atoms with Crippen LogP contribution in [0.15, 0.2) is 30.3 Å². The number of nitrogens with one attached hydrogen (secondary N) is 1. The molecule has 3 aromatic rings. The van der Waals surface area contributed by atoms with E-state index in [0.717, 1.165) is 5.69 Å². The molecule has 37 heavy (non-hydrogen) atoms. The van der Waals surface area contributed by atoms with Crippen LogP contribution < -0.4 is 9.64 Å². The number of hydrogen-bond acceptors (Lipinski definition) is 5. The van der Waals surface area contributed by atoms with Crippen molar-refractivity contribution in [2.45, 2.75) is 26.4 Å². The Morgan fingerprint density at radius 3 is 2.32 bits per heavy atom. The largest absolute Gasteiger partial charge is 0.496 e. The summed E-state index contributed by atoms with van der Waals surface area (Å²) in [6.07, 6.45) is -0.309. The number of methoxy groups -OCH3 is 1. The van der Waals surface area contributed by atoms with Crippen LogP contribution in [0.25, 0.3) is 22.0 Å². The standard InChI is InChI=1S/C27H32ClFN4O4/c1-27(2,3)37-26(35)33-11-9-32(10-12-33)16-7-8-17(22(13-16)36-6)18-14-20(28)23(29)24-19(18)15-21(30-24)25(34)31(4)5/h7-8,13-15,30H,9-12H2,1-6H3. The fraction of sp³-hybridized carbons (Fsp3) is 0.407. The van der Waals surface area contributed by atoms with E-state index in [-0.39, 0.29) is 28.2 Å². The summed E-state index contributed by atoms with van der Waals surface area (Å²) in [6.45, 7) is 7.92. The first-order valence-electron chi connectivity index (χ1n) is 12.0. The molecule has 0 saturated carbocycles. The molecule has 1 fully saturated rings. The molecule has 1 aliphatic heterocycles. The van der Waals surface area contributed by atoms with Crippen LogP contribution >= 0.6 is 11.6 Å². The van der Waals surface area contributed by atoms with Gasteiger partial charge in [-0.05, 0) is 50.6 Å². The average molecular weight is 531 g/mol. The highest BCUT2D eigenvalue weighted by molar-refractivity contribution is 6.32. The molecule has 2 aromatic carbocycles. The molecule has 4 rings (SSSR count). The fourth-order valence-corrected chi connectivity index (χ4v) is 4.58. The van der Waals surface area contributed by atoms with Gasteiger partial charge in [-0.15, -0.1) is 0 Å². The minimum atomic E-state index is -0.614. The molecule has 0 spiro atoms. The number of amides is 2. The molecule has 2 heterocycles. The third-order valence-electron chi connectivity index (χ3n) is 6.22. The van der Waals surface area contributed by atoms with Gasteiger partial charge < -0.3 is 29.2 Å². The van der Waals surface area contributed by atoms with Gasteiger partial charge in [0.1, 0.15) is 17.0 Å². The maximum Gasteiger partial charge on any atom is 0.410 e. The van der Waals surface area contributed by atoms with E-state index in [2.05, 4.69) is 9.88 Å². The van der Waals surface area contributed by atoms with Crippen LogP contribution in [0.4, 0.5) is 14.9 Å².